The molecule has 0 aliphatic heterocycles. The van der Waals surface area contributed by atoms with E-state index >= 15 is 0 Å². The number of anilines is 2. The standard InChI is InChI=1S/C12H10Cl2N2O2S/c13-9-1-5-11(6-2-9)15-19(17,18)16-12-7-3-10(14)4-8-12/h1-8,15-16H. The van der Waals surface area contributed by atoms with E-state index in [1.807, 2.05) is 0 Å². The molecule has 0 aliphatic rings. The van der Waals surface area contributed by atoms with Crippen LogP contribution in [0.25, 0.3) is 0 Å². The van der Waals surface area contributed by atoms with Crippen LogP contribution in [-0.2, 0) is 10.2 Å². The van der Waals surface area contributed by atoms with Gasteiger partial charge in [0.1, 0.15) is 0 Å². The maximum Gasteiger partial charge on any atom is 0.321 e. The van der Waals surface area contributed by atoms with Crippen LogP contribution in [-0.4, -0.2) is 8.42 Å². The summed E-state index contributed by atoms with van der Waals surface area (Å²) in [7, 11) is -3.70. The molecule has 19 heavy (non-hydrogen) atoms. The minimum absolute atomic E-state index is 0.422. The Kier molecular flexibility index (Phi) is 4.19. The molecule has 0 radical (unpaired) electrons. The van der Waals surface area contributed by atoms with E-state index in [1.54, 1.807) is 48.5 Å². The summed E-state index contributed by atoms with van der Waals surface area (Å²) >= 11 is 11.4. The van der Waals surface area contributed by atoms with Crippen LogP contribution in [0.3, 0.4) is 0 Å². The molecule has 0 unspecified atom stereocenters. The Labute approximate surface area is 121 Å². The van der Waals surface area contributed by atoms with Gasteiger partial charge in [0, 0.05) is 10.0 Å². The first-order valence-corrected chi connectivity index (χ1v) is 7.50. The first-order valence-electron chi connectivity index (χ1n) is 5.26. The normalized spacial score (nSPS) is 11.1. The highest BCUT2D eigenvalue weighted by atomic mass is 35.5. The van der Waals surface area contributed by atoms with Gasteiger partial charge >= 0.3 is 10.2 Å². The van der Waals surface area contributed by atoms with Gasteiger partial charge in [-0.2, -0.15) is 8.42 Å². The lowest BCUT2D eigenvalue weighted by Crippen LogP contribution is -2.21. The summed E-state index contributed by atoms with van der Waals surface area (Å²) in [5.74, 6) is 0. The SMILES string of the molecule is O=S(=O)(Nc1ccc(Cl)cc1)Nc1ccc(Cl)cc1. The quantitative estimate of drug-likeness (QED) is 0.902. The highest BCUT2D eigenvalue weighted by Gasteiger charge is 2.09. The second kappa shape index (κ2) is 5.69. The van der Waals surface area contributed by atoms with E-state index < -0.39 is 10.2 Å². The van der Waals surface area contributed by atoms with Crippen molar-refractivity contribution < 1.29 is 8.42 Å². The molecule has 100 valence electrons. The number of hydrogen-bond acceptors (Lipinski definition) is 2. The van der Waals surface area contributed by atoms with Crippen molar-refractivity contribution in [2.24, 2.45) is 0 Å². The molecular weight excluding hydrogens is 307 g/mol. The van der Waals surface area contributed by atoms with Crippen LogP contribution in [0, 0.1) is 0 Å². The Morgan fingerprint density at radius 3 is 1.32 bits per heavy atom. The van der Waals surface area contributed by atoms with E-state index in [0.29, 0.717) is 21.4 Å². The second-order valence-electron chi connectivity index (χ2n) is 3.72. The van der Waals surface area contributed by atoms with E-state index in [4.69, 9.17) is 23.2 Å². The van der Waals surface area contributed by atoms with Crippen molar-refractivity contribution in [1.82, 2.24) is 0 Å². The van der Waals surface area contributed by atoms with E-state index in [2.05, 4.69) is 9.44 Å². The predicted molar refractivity (Wildman–Crippen MR) is 79.1 cm³/mol. The van der Waals surface area contributed by atoms with Crippen LogP contribution in [0.15, 0.2) is 48.5 Å². The summed E-state index contributed by atoms with van der Waals surface area (Å²) < 4.78 is 28.5. The Bertz CT molecular complexity index is 602. The van der Waals surface area contributed by atoms with Crippen molar-refractivity contribution in [1.29, 1.82) is 0 Å². The van der Waals surface area contributed by atoms with Gasteiger partial charge in [-0.1, -0.05) is 23.2 Å². The molecule has 0 aliphatic carbocycles. The lowest BCUT2D eigenvalue weighted by atomic mass is 10.3. The minimum atomic E-state index is -3.70. The number of benzene rings is 2. The van der Waals surface area contributed by atoms with E-state index in [1.165, 1.54) is 0 Å². The van der Waals surface area contributed by atoms with Crippen LogP contribution in [0.2, 0.25) is 10.0 Å². The van der Waals surface area contributed by atoms with E-state index in [-0.39, 0.29) is 0 Å². The van der Waals surface area contributed by atoms with Crippen molar-refractivity contribution in [3.05, 3.63) is 58.6 Å². The number of nitrogens with one attached hydrogen (secondary N) is 2. The largest absolute Gasteiger partial charge is 0.321 e. The van der Waals surface area contributed by atoms with Crippen molar-refractivity contribution in [2.75, 3.05) is 9.44 Å². The van der Waals surface area contributed by atoms with Crippen molar-refractivity contribution >= 4 is 44.8 Å². The van der Waals surface area contributed by atoms with Crippen LogP contribution in [0.5, 0.6) is 0 Å². The first kappa shape index (κ1) is 14.0. The Morgan fingerprint density at radius 2 is 1.00 bits per heavy atom. The van der Waals surface area contributed by atoms with Gasteiger partial charge in [0.2, 0.25) is 0 Å². The van der Waals surface area contributed by atoms with Gasteiger partial charge < -0.3 is 0 Å². The van der Waals surface area contributed by atoms with Crippen LogP contribution in [0.4, 0.5) is 11.4 Å². The third kappa shape index (κ3) is 4.31. The zero-order chi connectivity index (χ0) is 13.9. The van der Waals surface area contributed by atoms with Crippen LogP contribution < -0.4 is 9.44 Å². The summed E-state index contributed by atoms with van der Waals surface area (Å²) in [4.78, 5) is 0. The fourth-order valence-electron chi connectivity index (χ4n) is 1.37. The van der Waals surface area contributed by atoms with Gasteiger partial charge in [-0.05, 0) is 48.5 Å². The molecule has 2 rings (SSSR count). The van der Waals surface area contributed by atoms with Crippen molar-refractivity contribution in [3.8, 4) is 0 Å². The second-order valence-corrected chi connectivity index (χ2v) is 6.01. The average Bonchev–Trinajstić information content (AvgIpc) is 2.34. The summed E-state index contributed by atoms with van der Waals surface area (Å²) in [5.41, 5.74) is 0.844. The molecule has 2 aromatic carbocycles. The molecule has 0 amide bonds. The topological polar surface area (TPSA) is 58.2 Å². The summed E-state index contributed by atoms with van der Waals surface area (Å²) in [6.07, 6.45) is 0. The summed E-state index contributed by atoms with van der Waals surface area (Å²) in [5, 5.41) is 1.07. The highest BCUT2D eigenvalue weighted by molar-refractivity contribution is 7.94. The maximum absolute atomic E-state index is 11.9. The van der Waals surface area contributed by atoms with E-state index in [0.717, 1.165) is 0 Å². The summed E-state index contributed by atoms with van der Waals surface area (Å²) in [6, 6.07) is 12.7. The molecule has 2 aromatic rings. The fraction of sp³-hybridized carbons (Fsp3) is 0. The van der Waals surface area contributed by atoms with Crippen LogP contribution in [0.1, 0.15) is 0 Å². The van der Waals surface area contributed by atoms with Gasteiger partial charge in [-0.15, -0.1) is 0 Å². The fourth-order valence-corrected chi connectivity index (χ4v) is 2.57. The zero-order valence-electron chi connectivity index (χ0n) is 9.60. The smallest absolute Gasteiger partial charge is 0.267 e. The Hall–Kier alpha value is -1.43. The number of hydrogen-bond donors (Lipinski definition) is 2. The zero-order valence-corrected chi connectivity index (χ0v) is 11.9. The first-order chi connectivity index (χ1) is 8.94. The van der Waals surface area contributed by atoms with Gasteiger partial charge in [-0.25, -0.2) is 0 Å². The molecular formula is C12H10Cl2N2O2S. The molecule has 7 heteroatoms. The third-order valence-electron chi connectivity index (χ3n) is 2.19. The number of halogens is 2. The maximum atomic E-state index is 11.9. The predicted octanol–water partition coefficient (Wildman–Crippen LogP) is 3.76. The van der Waals surface area contributed by atoms with Gasteiger partial charge in [-0.3, -0.25) is 9.44 Å². The average molecular weight is 317 g/mol. The molecule has 0 spiro atoms. The lowest BCUT2D eigenvalue weighted by Gasteiger charge is -2.10. The molecule has 0 fully saturated rings. The molecule has 0 aromatic heterocycles. The Morgan fingerprint density at radius 1 is 0.684 bits per heavy atom. The molecule has 0 heterocycles. The molecule has 0 atom stereocenters. The van der Waals surface area contributed by atoms with Gasteiger partial charge in [0.15, 0.2) is 0 Å². The molecule has 0 bridgehead atoms. The molecule has 0 saturated heterocycles. The monoisotopic (exact) mass is 316 g/mol. The van der Waals surface area contributed by atoms with Crippen LogP contribution >= 0.6 is 23.2 Å². The van der Waals surface area contributed by atoms with E-state index in [9.17, 15) is 8.42 Å². The molecule has 2 N–H and O–H groups in total. The molecule has 0 saturated carbocycles. The van der Waals surface area contributed by atoms with Crippen molar-refractivity contribution in [3.63, 3.8) is 0 Å². The number of rotatable bonds is 4. The van der Waals surface area contributed by atoms with Crippen molar-refractivity contribution in [2.45, 2.75) is 0 Å². The molecule has 4 nitrogen and oxygen atoms in total. The highest BCUT2D eigenvalue weighted by Crippen LogP contribution is 2.17. The van der Waals surface area contributed by atoms with Gasteiger partial charge in [0.05, 0.1) is 11.4 Å². The minimum Gasteiger partial charge on any atom is -0.267 e. The Balaban J connectivity index is 2.10. The third-order valence-corrected chi connectivity index (χ3v) is 3.71. The van der Waals surface area contributed by atoms with Gasteiger partial charge in [0.25, 0.3) is 0 Å². The summed E-state index contributed by atoms with van der Waals surface area (Å²) in [6.45, 7) is 0. The lowest BCUT2D eigenvalue weighted by molar-refractivity contribution is 0.606.